The lowest BCUT2D eigenvalue weighted by Crippen LogP contribution is -2.54. The number of carbonyl (C=O) groups excluding carboxylic acids is 1. The molecule has 1 amide bonds. The van der Waals surface area contributed by atoms with Gasteiger partial charge in [-0.2, -0.15) is 0 Å². The van der Waals surface area contributed by atoms with Gasteiger partial charge in [0.25, 0.3) is 5.91 Å². The number of ether oxygens (including phenoxy) is 3. The number of nitrogens with zero attached hydrogens (tertiary/aromatic N) is 1. The summed E-state index contributed by atoms with van der Waals surface area (Å²) in [5.41, 5.74) is 7.51. The average molecular weight is 530 g/mol. The number of benzene rings is 3. The summed E-state index contributed by atoms with van der Waals surface area (Å²) in [6.07, 6.45) is 4.36. The van der Waals surface area contributed by atoms with Crippen molar-refractivity contribution in [2.24, 2.45) is 4.99 Å². The quantitative estimate of drug-likeness (QED) is 0.226. The predicted molar refractivity (Wildman–Crippen MR) is 152 cm³/mol. The molecule has 0 radical (unpaired) electrons. The molecule has 1 aliphatic rings. The van der Waals surface area contributed by atoms with Crippen molar-refractivity contribution in [1.29, 1.82) is 0 Å². The van der Waals surface area contributed by atoms with Crippen molar-refractivity contribution < 1.29 is 24.1 Å². The van der Waals surface area contributed by atoms with Gasteiger partial charge in [0.2, 0.25) is 5.90 Å². The van der Waals surface area contributed by atoms with Crippen LogP contribution in [0.2, 0.25) is 0 Å². The van der Waals surface area contributed by atoms with Crippen LogP contribution >= 0.6 is 0 Å². The summed E-state index contributed by atoms with van der Waals surface area (Å²) in [5, 5.41) is 8.95. The van der Waals surface area contributed by atoms with E-state index in [1.54, 1.807) is 7.11 Å². The molecule has 0 saturated heterocycles. The lowest BCUT2D eigenvalue weighted by Gasteiger charge is -2.27. The Morgan fingerprint density at radius 2 is 1.77 bits per heavy atom. The highest BCUT2D eigenvalue weighted by molar-refractivity contribution is 6.00. The molecule has 3 aromatic rings. The number of carbonyl (C=O) groups is 1. The molecule has 0 fully saturated rings. The van der Waals surface area contributed by atoms with E-state index < -0.39 is 11.6 Å². The molecule has 4 rings (SSSR count). The molecule has 0 aliphatic carbocycles. The molecule has 0 unspecified atom stereocenters. The molecule has 3 aromatic carbocycles. The van der Waals surface area contributed by atoms with Crippen molar-refractivity contribution in [3.05, 3.63) is 102 Å². The number of methoxy groups -OCH3 is 1. The van der Waals surface area contributed by atoms with Crippen LogP contribution in [0.1, 0.15) is 36.5 Å². The van der Waals surface area contributed by atoms with E-state index in [0.29, 0.717) is 37.6 Å². The standard InChI is InChI=1S/C31H35N3O5/c1-23-31(19-6-10-24-8-4-3-5-9-24,30(36)34-32-22-25-11-15-27(37-2)16-12-25)33-29(39-23)26-13-17-28(18-14-26)38-21-7-20-35/h3-6,8-18,23,32,35H,7,19-22H2,1-2H3,(H,34,36)/b10-6+/t23-,31-/m0/s1. The first-order chi connectivity index (χ1) is 19.0. The largest absolute Gasteiger partial charge is 0.497 e. The Morgan fingerprint density at radius 3 is 2.46 bits per heavy atom. The molecule has 1 heterocycles. The second kappa shape index (κ2) is 13.6. The van der Waals surface area contributed by atoms with Gasteiger partial charge < -0.3 is 19.3 Å². The number of aliphatic hydroxyl groups excluding tert-OH is 1. The summed E-state index contributed by atoms with van der Waals surface area (Å²) < 4.78 is 17.0. The van der Waals surface area contributed by atoms with Crippen molar-refractivity contribution in [3.63, 3.8) is 0 Å². The van der Waals surface area contributed by atoms with Crippen LogP contribution in [0.25, 0.3) is 6.08 Å². The van der Waals surface area contributed by atoms with Gasteiger partial charge in [0.05, 0.1) is 13.7 Å². The Hall–Kier alpha value is -4.14. The third kappa shape index (κ3) is 7.25. The van der Waals surface area contributed by atoms with Crippen LogP contribution in [-0.2, 0) is 16.1 Å². The molecule has 3 N–H and O–H groups in total. The molecule has 8 heteroatoms. The number of nitrogens with one attached hydrogen (secondary N) is 2. The van der Waals surface area contributed by atoms with Gasteiger partial charge in [-0.15, -0.1) is 0 Å². The Morgan fingerprint density at radius 1 is 1.05 bits per heavy atom. The highest BCUT2D eigenvalue weighted by atomic mass is 16.5. The van der Waals surface area contributed by atoms with E-state index in [0.717, 1.165) is 22.4 Å². The SMILES string of the molecule is COc1ccc(CNNC(=O)[C@@]2(C/C=C/c3ccccc3)N=C(c3ccc(OCCCO)cc3)O[C@H]2C)cc1. The summed E-state index contributed by atoms with van der Waals surface area (Å²) in [6.45, 7) is 2.82. The first kappa shape index (κ1) is 27.9. The van der Waals surface area contributed by atoms with Crippen LogP contribution < -0.4 is 20.3 Å². The van der Waals surface area contributed by atoms with Crippen LogP contribution in [0.5, 0.6) is 11.5 Å². The molecule has 1 aliphatic heterocycles. The summed E-state index contributed by atoms with van der Waals surface area (Å²) in [5.74, 6) is 1.59. The van der Waals surface area contributed by atoms with Crippen molar-refractivity contribution in [2.45, 2.75) is 38.0 Å². The minimum atomic E-state index is -1.16. The highest BCUT2D eigenvalue weighted by Crippen LogP contribution is 2.33. The van der Waals surface area contributed by atoms with Gasteiger partial charge in [0, 0.05) is 31.6 Å². The molecule has 0 aromatic heterocycles. The van der Waals surface area contributed by atoms with Gasteiger partial charge in [0.15, 0.2) is 5.54 Å². The molecule has 2 atom stereocenters. The molecule has 0 spiro atoms. The average Bonchev–Trinajstić information content (AvgIpc) is 3.31. The van der Waals surface area contributed by atoms with Gasteiger partial charge in [-0.3, -0.25) is 10.2 Å². The Labute approximate surface area is 229 Å². The molecule has 39 heavy (non-hydrogen) atoms. The number of hydrogen-bond donors (Lipinski definition) is 3. The van der Waals surface area contributed by atoms with E-state index in [-0.39, 0.29) is 12.5 Å². The van der Waals surface area contributed by atoms with Gasteiger partial charge in [-0.05, 0) is 54.4 Å². The topological polar surface area (TPSA) is 101 Å². The second-order valence-electron chi connectivity index (χ2n) is 9.22. The van der Waals surface area contributed by atoms with Crippen LogP contribution in [0.3, 0.4) is 0 Å². The normalized spacial score (nSPS) is 18.4. The van der Waals surface area contributed by atoms with Crippen LogP contribution in [-0.4, -0.2) is 48.9 Å². The first-order valence-electron chi connectivity index (χ1n) is 13.0. The van der Waals surface area contributed by atoms with E-state index in [9.17, 15) is 4.79 Å². The van der Waals surface area contributed by atoms with Gasteiger partial charge in [-0.1, -0.05) is 54.6 Å². The fraction of sp³-hybridized carbons (Fsp3) is 0.290. The Bertz CT molecular complexity index is 1260. The third-order valence-corrected chi connectivity index (χ3v) is 6.52. The van der Waals surface area contributed by atoms with Crippen molar-refractivity contribution in [1.82, 2.24) is 10.9 Å². The molecule has 0 saturated carbocycles. The number of rotatable bonds is 13. The lowest BCUT2D eigenvalue weighted by molar-refractivity contribution is -0.129. The maximum atomic E-state index is 13.6. The van der Waals surface area contributed by atoms with Crippen LogP contribution in [0.15, 0.2) is 89.9 Å². The summed E-state index contributed by atoms with van der Waals surface area (Å²) in [6, 6.07) is 24.9. The van der Waals surface area contributed by atoms with E-state index in [2.05, 4.69) is 10.9 Å². The maximum Gasteiger partial charge on any atom is 0.266 e. The molecular formula is C31H35N3O5. The number of aliphatic hydroxyl groups is 1. The van der Waals surface area contributed by atoms with E-state index >= 15 is 0 Å². The number of hydrogen-bond acceptors (Lipinski definition) is 7. The Balaban J connectivity index is 1.51. The maximum absolute atomic E-state index is 13.6. The molecule has 8 nitrogen and oxygen atoms in total. The van der Waals surface area contributed by atoms with Gasteiger partial charge in [-0.25, -0.2) is 10.4 Å². The number of aliphatic imine (C=N–C) groups is 1. The zero-order valence-electron chi connectivity index (χ0n) is 22.3. The van der Waals surface area contributed by atoms with Crippen molar-refractivity contribution >= 4 is 17.9 Å². The van der Waals surface area contributed by atoms with Crippen molar-refractivity contribution in [3.8, 4) is 11.5 Å². The smallest absolute Gasteiger partial charge is 0.266 e. The van der Waals surface area contributed by atoms with E-state index in [4.69, 9.17) is 24.3 Å². The first-order valence-corrected chi connectivity index (χ1v) is 13.0. The molecular weight excluding hydrogens is 494 g/mol. The lowest BCUT2D eigenvalue weighted by atomic mass is 9.89. The van der Waals surface area contributed by atoms with Crippen molar-refractivity contribution in [2.75, 3.05) is 20.3 Å². The van der Waals surface area contributed by atoms with Gasteiger partial charge >= 0.3 is 0 Å². The van der Waals surface area contributed by atoms with Crippen LogP contribution in [0, 0.1) is 0 Å². The third-order valence-electron chi connectivity index (χ3n) is 6.52. The minimum Gasteiger partial charge on any atom is -0.497 e. The second-order valence-corrected chi connectivity index (χ2v) is 9.22. The fourth-order valence-electron chi connectivity index (χ4n) is 4.20. The zero-order chi connectivity index (χ0) is 27.5. The summed E-state index contributed by atoms with van der Waals surface area (Å²) >= 11 is 0. The molecule has 204 valence electrons. The van der Waals surface area contributed by atoms with Gasteiger partial charge in [0.1, 0.15) is 17.6 Å². The summed E-state index contributed by atoms with van der Waals surface area (Å²) in [7, 11) is 1.63. The molecule has 0 bridgehead atoms. The number of amides is 1. The summed E-state index contributed by atoms with van der Waals surface area (Å²) in [4.78, 5) is 18.5. The fourth-order valence-corrected chi connectivity index (χ4v) is 4.20. The minimum absolute atomic E-state index is 0.0818. The highest BCUT2D eigenvalue weighted by Gasteiger charge is 2.49. The number of hydrazine groups is 1. The van der Waals surface area contributed by atoms with Crippen LogP contribution in [0.4, 0.5) is 0 Å². The Kier molecular flexibility index (Phi) is 9.72. The monoisotopic (exact) mass is 529 g/mol. The van der Waals surface area contributed by atoms with E-state index in [1.165, 1.54) is 0 Å². The zero-order valence-corrected chi connectivity index (χ0v) is 22.3. The predicted octanol–water partition coefficient (Wildman–Crippen LogP) is 4.29. The van der Waals surface area contributed by atoms with E-state index in [1.807, 2.05) is 97.9 Å².